The van der Waals surface area contributed by atoms with Crippen molar-refractivity contribution in [3.8, 4) is 5.75 Å². The van der Waals surface area contributed by atoms with Gasteiger partial charge in [0.1, 0.15) is 11.5 Å². The molecule has 0 saturated carbocycles. The molecule has 1 aliphatic rings. The molecule has 3 aromatic carbocycles. The quantitative estimate of drug-likeness (QED) is 0.205. The summed E-state index contributed by atoms with van der Waals surface area (Å²) in [6.07, 6.45) is -0.171. The maximum absolute atomic E-state index is 13.5. The fourth-order valence-electron chi connectivity index (χ4n) is 4.60. The van der Waals surface area contributed by atoms with Crippen LogP contribution in [-0.4, -0.2) is 34.5 Å². The zero-order valence-electron chi connectivity index (χ0n) is 22.2. The third-order valence-corrected chi connectivity index (χ3v) is 6.92. The third-order valence-electron chi connectivity index (χ3n) is 6.61. The third kappa shape index (κ3) is 5.68. The van der Waals surface area contributed by atoms with Gasteiger partial charge in [-0.05, 0) is 59.4 Å². The number of amides is 1. The number of aliphatic hydroxyl groups excluding tert-OH is 1. The predicted molar refractivity (Wildman–Crippen MR) is 150 cm³/mol. The molecule has 39 heavy (non-hydrogen) atoms. The monoisotopic (exact) mass is 547 g/mol. The molecule has 0 aliphatic carbocycles. The molecule has 1 heterocycles. The van der Waals surface area contributed by atoms with Crippen molar-refractivity contribution in [2.24, 2.45) is 0 Å². The molecule has 0 bridgehead atoms. The summed E-state index contributed by atoms with van der Waals surface area (Å²) in [6.45, 7) is 8.42. The first-order valence-corrected chi connectivity index (χ1v) is 12.9. The zero-order chi connectivity index (χ0) is 28.5. The van der Waals surface area contributed by atoms with E-state index < -0.39 is 23.7 Å². The Bertz CT molecular complexity index is 1450. The van der Waals surface area contributed by atoms with Crippen LogP contribution in [0, 0.1) is 0 Å². The summed E-state index contributed by atoms with van der Waals surface area (Å²) < 4.78 is 5.55. The summed E-state index contributed by atoms with van der Waals surface area (Å²) in [4.78, 5) is 39.4. The van der Waals surface area contributed by atoms with E-state index in [1.807, 2.05) is 24.3 Å². The number of anilines is 1. The summed E-state index contributed by atoms with van der Waals surface area (Å²) in [6, 6.07) is 17.8. The molecule has 4 rings (SSSR count). The van der Waals surface area contributed by atoms with Gasteiger partial charge in [-0.25, -0.2) is 0 Å². The van der Waals surface area contributed by atoms with Gasteiger partial charge in [-0.1, -0.05) is 68.8 Å². The number of rotatable bonds is 7. The second kappa shape index (κ2) is 10.9. The lowest BCUT2D eigenvalue weighted by Gasteiger charge is -2.27. The maximum Gasteiger partial charge on any atom is 0.307 e. The van der Waals surface area contributed by atoms with Gasteiger partial charge in [0.2, 0.25) is 0 Å². The van der Waals surface area contributed by atoms with Crippen molar-refractivity contribution in [3.63, 3.8) is 0 Å². The highest BCUT2D eigenvalue weighted by atomic mass is 35.5. The minimum atomic E-state index is -0.975. The number of ketones is 1. The zero-order valence-corrected chi connectivity index (χ0v) is 23.0. The fourth-order valence-corrected chi connectivity index (χ4v) is 4.77. The average Bonchev–Trinajstić information content (AvgIpc) is 3.15. The van der Waals surface area contributed by atoms with Crippen LogP contribution in [0.4, 0.5) is 5.69 Å². The van der Waals surface area contributed by atoms with Gasteiger partial charge in [0.25, 0.3) is 11.7 Å². The summed E-state index contributed by atoms with van der Waals surface area (Å²) in [5, 5.41) is 20.9. The summed E-state index contributed by atoms with van der Waals surface area (Å²) in [5.74, 6) is -2.61. The number of nitrogens with zero attached hydrogens (tertiary/aromatic N) is 1. The number of carbonyl (C=O) groups excluding carboxylic acids is 2. The number of hydrogen-bond acceptors (Lipinski definition) is 5. The van der Waals surface area contributed by atoms with Crippen molar-refractivity contribution in [2.75, 3.05) is 11.5 Å². The topological polar surface area (TPSA) is 104 Å². The van der Waals surface area contributed by atoms with E-state index in [2.05, 4.69) is 20.8 Å². The average molecular weight is 548 g/mol. The van der Waals surface area contributed by atoms with Crippen molar-refractivity contribution in [1.29, 1.82) is 0 Å². The number of halogens is 1. The van der Waals surface area contributed by atoms with Gasteiger partial charge in [-0.2, -0.15) is 0 Å². The van der Waals surface area contributed by atoms with E-state index in [4.69, 9.17) is 21.4 Å². The number of aliphatic carboxylic acids is 1. The normalized spacial score (nSPS) is 16.9. The van der Waals surface area contributed by atoms with Crippen molar-refractivity contribution in [3.05, 3.63) is 99.6 Å². The van der Waals surface area contributed by atoms with Crippen molar-refractivity contribution >= 4 is 40.7 Å². The SMILES string of the molecule is CCOc1cc(/C(O)=C2/C(=O)C(=O)N(c3ccc(CC(=O)O)cc3)C2c2ccc(C(C)(C)C)cc2)ccc1Cl. The van der Waals surface area contributed by atoms with Crippen molar-refractivity contribution in [1.82, 2.24) is 0 Å². The van der Waals surface area contributed by atoms with E-state index >= 15 is 0 Å². The molecule has 202 valence electrons. The fraction of sp³-hybridized carbons (Fsp3) is 0.258. The Morgan fingerprint density at radius 3 is 2.18 bits per heavy atom. The summed E-state index contributed by atoms with van der Waals surface area (Å²) in [7, 11) is 0. The Balaban J connectivity index is 1.89. The first-order valence-electron chi connectivity index (χ1n) is 12.6. The molecule has 0 spiro atoms. The van der Waals surface area contributed by atoms with Crippen LogP contribution in [0.15, 0.2) is 72.3 Å². The van der Waals surface area contributed by atoms with Gasteiger partial charge in [-0.3, -0.25) is 19.3 Å². The summed E-state index contributed by atoms with van der Waals surface area (Å²) >= 11 is 6.23. The molecule has 1 aliphatic heterocycles. The van der Waals surface area contributed by atoms with Gasteiger partial charge < -0.3 is 14.9 Å². The number of carbonyl (C=O) groups is 3. The van der Waals surface area contributed by atoms with Gasteiger partial charge in [0.05, 0.1) is 29.7 Å². The Morgan fingerprint density at radius 1 is 0.974 bits per heavy atom. The maximum atomic E-state index is 13.5. The number of Topliss-reactive ketones (excluding diaryl/α,β-unsaturated/α-hetero) is 1. The molecule has 1 fully saturated rings. The van der Waals surface area contributed by atoms with Crippen molar-refractivity contribution < 1.29 is 29.3 Å². The Labute approximate surface area is 232 Å². The summed E-state index contributed by atoms with van der Waals surface area (Å²) in [5.41, 5.74) is 2.77. The first-order chi connectivity index (χ1) is 18.4. The van der Waals surface area contributed by atoms with Crippen LogP contribution < -0.4 is 9.64 Å². The largest absolute Gasteiger partial charge is 0.507 e. The van der Waals surface area contributed by atoms with Crippen LogP contribution in [0.5, 0.6) is 5.75 Å². The lowest BCUT2D eigenvalue weighted by molar-refractivity contribution is -0.136. The minimum Gasteiger partial charge on any atom is -0.507 e. The number of aliphatic hydroxyl groups is 1. The van der Waals surface area contributed by atoms with E-state index in [0.717, 1.165) is 5.56 Å². The Hall–Kier alpha value is -4.10. The Morgan fingerprint density at radius 2 is 1.62 bits per heavy atom. The molecule has 2 N–H and O–H groups in total. The second-order valence-corrected chi connectivity index (χ2v) is 10.8. The second-order valence-electron chi connectivity index (χ2n) is 10.4. The predicted octanol–water partition coefficient (Wildman–Crippen LogP) is 6.29. The lowest BCUT2D eigenvalue weighted by atomic mass is 9.85. The van der Waals surface area contributed by atoms with E-state index in [1.165, 1.54) is 11.0 Å². The van der Waals surface area contributed by atoms with E-state index in [1.54, 1.807) is 43.3 Å². The molecule has 0 radical (unpaired) electrons. The molecule has 1 amide bonds. The Kier molecular flexibility index (Phi) is 7.84. The first kappa shape index (κ1) is 27.9. The molecule has 1 saturated heterocycles. The number of carboxylic acid groups (broad SMARTS) is 1. The van der Waals surface area contributed by atoms with Crippen LogP contribution >= 0.6 is 11.6 Å². The van der Waals surface area contributed by atoms with Crippen LogP contribution in [0.2, 0.25) is 5.02 Å². The van der Waals surface area contributed by atoms with Gasteiger partial charge in [0, 0.05) is 11.3 Å². The molecule has 0 aromatic heterocycles. The highest BCUT2D eigenvalue weighted by molar-refractivity contribution is 6.51. The van der Waals surface area contributed by atoms with Gasteiger partial charge >= 0.3 is 5.97 Å². The highest BCUT2D eigenvalue weighted by Crippen LogP contribution is 2.43. The van der Waals surface area contributed by atoms with Crippen molar-refractivity contribution in [2.45, 2.75) is 45.6 Å². The van der Waals surface area contributed by atoms with Crippen LogP contribution in [0.25, 0.3) is 5.76 Å². The van der Waals surface area contributed by atoms with Crippen LogP contribution in [0.3, 0.4) is 0 Å². The van der Waals surface area contributed by atoms with Gasteiger partial charge in [-0.15, -0.1) is 0 Å². The van der Waals surface area contributed by atoms with E-state index in [-0.39, 0.29) is 28.7 Å². The highest BCUT2D eigenvalue weighted by Gasteiger charge is 2.47. The number of carboxylic acids is 1. The van der Waals surface area contributed by atoms with E-state index in [0.29, 0.717) is 34.2 Å². The lowest BCUT2D eigenvalue weighted by Crippen LogP contribution is -2.29. The molecular formula is C31H30ClNO6. The molecule has 8 heteroatoms. The molecule has 1 unspecified atom stereocenters. The number of hydrogen-bond donors (Lipinski definition) is 2. The minimum absolute atomic E-state index is 0.0668. The van der Waals surface area contributed by atoms with Crippen LogP contribution in [-0.2, 0) is 26.2 Å². The smallest absolute Gasteiger partial charge is 0.307 e. The van der Waals surface area contributed by atoms with Gasteiger partial charge in [0.15, 0.2) is 0 Å². The number of benzene rings is 3. The molecule has 3 aromatic rings. The standard InChI is InChI=1S/C31H30ClNO6/c1-5-39-24-17-20(10-15-23(24)32)28(36)26-27(19-8-11-21(12-9-19)31(2,3)4)33(30(38)29(26)37)22-13-6-18(7-14-22)16-25(34)35/h6-15,17,27,36H,5,16H2,1-4H3,(H,34,35)/b28-26-. The van der Waals surface area contributed by atoms with E-state index in [9.17, 15) is 19.5 Å². The number of ether oxygens (including phenoxy) is 1. The molecular weight excluding hydrogens is 518 g/mol. The molecule has 7 nitrogen and oxygen atoms in total. The molecule has 1 atom stereocenters. The van der Waals surface area contributed by atoms with Crippen LogP contribution in [0.1, 0.15) is 56.0 Å².